The molecule has 6 nitrogen and oxygen atoms in total. The van der Waals surface area contributed by atoms with Gasteiger partial charge in [0.05, 0.1) is 5.56 Å². The first-order valence-corrected chi connectivity index (χ1v) is 6.65. The second kappa shape index (κ2) is 6.15. The highest BCUT2D eigenvalue weighted by Gasteiger charge is 2.27. The highest BCUT2D eigenvalue weighted by Crippen LogP contribution is 2.19. The van der Waals surface area contributed by atoms with Gasteiger partial charge in [-0.3, -0.25) is 4.79 Å². The maximum absolute atomic E-state index is 14.1. The van der Waals surface area contributed by atoms with E-state index in [-0.39, 0.29) is 23.3 Å². The van der Waals surface area contributed by atoms with Crippen LogP contribution >= 0.6 is 0 Å². The van der Waals surface area contributed by atoms with Crippen LogP contribution < -0.4 is 11.3 Å². The Kier molecular flexibility index (Phi) is 4.51. The first kappa shape index (κ1) is 14.7. The van der Waals surface area contributed by atoms with Gasteiger partial charge in [-0.05, 0) is 33.0 Å². The second-order valence-electron chi connectivity index (χ2n) is 5.13. The van der Waals surface area contributed by atoms with Crippen LogP contribution in [0.25, 0.3) is 0 Å². The van der Waals surface area contributed by atoms with E-state index in [0.29, 0.717) is 6.54 Å². The van der Waals surface area contributed by atoms with E-state index < -0.39 is 5.82 Å². The molecule has 0 aliphatic carbocycles. The van der Waals surface area contributed by atoms with Gasteiger partial charge < -0.3 is 15.2 Å². The van der Waals surface area contributed by atoms with Gasteiger partial charge in [-0.15, -0.1) is 0 Å². The van der Waals surface area contributed by atoms with E-state index >= 15 is 0 Å². The number of nitrogens with one attached hydrogen (secondary N) is 1. The Labute approximate surface area is 117 Å². The van der Waals surface area contributed by atoms with E-state index in [1.807, 2.05) is 14.0 Å². The summed E-state index contributed by atoms with van der Waals surface area (Å²) in [4.78, 5) is 20.2. The van der Waals surface area contributed by atoms with Crippen LogP contribution in [0.2, 0.25) is 0 Å². The third kappa shape index (κ3) is 2.88. The zero-order valence-electron chi connectivity index (χ0n) is 11.8. The van der Waals surface area contributed by atoms with E-state index in [9.17, 15) is 9.18 Å². The monoisotopic (exact) mass is 281 g/mol. The number of nitrogens with two attached hydrogens (primary N) is 1. The van der Waals surface area contributed by atoms with Crippen molar-refractivity contribution in [2.45, 2.75) is 19.4 Å². The molecule has 1 amide bonds. The molecule has 0 aromatic carbocycles. The molecule has 2 rings (SSSR count). The quantitative estimate of drug-likeness (QED) is 0.616. The molecule has 110 valence electrons. The molecule has 1 aliphatic heterocycles. The second-order valence-corrected chi connectivity index (χ2v) is 5.13. The van der Waals surface area contributed by atoms with Crippen LogP contribution in [0.5, 0.6) is 0 Å². The van der Waals surface area contributed by atoms with Gasteiger partial charge in [-0.2, -0.15) is 0 Å². The van der Waals surface area contributed by atoms with Crippen molar-refractivity contribution in [1.82, 2.24) is 14.8 Å². The molecule has 0 radical (unpaired) electrons. The van der Waals surface area contributed by atoms with Gasteiger partial charge in [0.25, 0.3) is 5.91 Å². The Hall–Kier alpha value is -1.73. The van der Waals surface area contributed by atoms with E-state index in [1.165, 1.54) is 12.3 Å². The van der Waals surface area contributed by atoms with Gasteiger partial charge in [-0.25, -0.2) is 15.2 Å². The van der Waals surface area contributed by atoms with Crippen LogP contribution in [-0.4, -0.2) is 53.4 Å². The predicted octanol–water partition coefficient (Wildman–Crippen LogP) is 0.672. The number of aromatic nitrogens is 1. The summed E-state index contributed by atoms with van der Waals surface area (Å²) < 4.78 is 14.1. The number of halogens is 1. The summed E-state index contributed by atoms with van der Waals surface area (Å²) in [5.74, 6) is 4.05. The number of anilines is 1. The number of rotatable bonds is 2. The topological polar surface area (TPSA) is 74.5 Å². The first-order valence-electron chi connectivity index (χ1n) is 6.65. The largest absolute Gasteiger partial charge is 0.335 e. The maximum Gasteiger partial charge on any atom is 0.257 e. The zero-order chi connectivity index (χ0) is 14.7. The van der Waals surface area contributed by atoms with E-state index in [0.717, 1.165) is 19.5 Å². The summed E-state index contributed by atoms with van der Waals surface area (Å²) in [7, 11) is 2.02. The molecule has 1 aromatic rings. The fourth-order valence-electron chi connectivity index (χ4n) is 2.54. The summed E-state index contributed by atoms with van der Waals surface area (Å²) in [5, 5.41) is 0. The molecule has 1 fully saturated rings. The highest BCUT2D eigenvalue weighted by atomic mass is 19.1. The third-order valence-corrected chi connectivity index (χ3v) is 3.56. The lowest BCUT2D eigenvalue weighted by molar-refractivity contribution is 0.0691. The average Bonchev–Trinajstić information content (AvgIpc) is 2.59. The average molecular weight is 281 g/mol. The van der Waals surface area contributed by atoms with Crippen LogP contribution in [0.4, 0.5) is 10.2 Å². The van der Waals surface area contributed by atoms with Crippen LogP contribution in [0.3, 0.4) is 0 Å². The maximum atomic E-state index is 14.1. The molecule has 0 saturated carbocycles. The number of pyridine rings is 1. The Morgan fingerprint density at radius 2 is 2.30 bits per heavy atom. The normalized spacial score (nSPS) is 20.6. The molecular weight excluding hydrogens is 261 g/mol. The first-order chi connectivity index (χ1) is 9.54. The fourth-order valence-corrected chi connectivity index (χ4v) is 2.54. The molecule has 0 spiro atoms. The smallest absolute Gasteiger partial charge is 0.257 e. The van der Waals surface area contributed by atoms with Crippen LogP contribution in [0, 0.1) is 5.82 Å². The molecule has 3 N–H and O–H groups in total. The van der Waals surface area contributed by atoms with Crippen LogP contribution in [0.15, 0.2) is 12.3 Å². The summed E-state index contributed by atoms with van der Waals surface area (Å²) >= 11 is 0. The number of likely N-dealkylation sites (N-methyl/N-ethyl adjacent to an activating group) is 1. The number of nitrogens with zero attached hydrogens (tertiary/aromatic N) is 3. The van der Waals surface area contributed by atoms with Gasteiger partial charge in [0.15, 0.2) is 11.6 Å². The van der Waals surface area contributed by atoms with Crippen molar-refractivity contribution < 1.29 is 9.18 Å². The van der Waals surface area contributed by atoms with Gasteiger partial charge in [0, 0.05) is 25.3 Å². The minimum atomic E-state index is -0.704. The Morgan fingerprint density at radius 1 is 1.55 bits per heavy atom. The SMILES string of the molecule is CC1CN(C)CCCN1C(=O)c1ccnc(NN)c1F. The molecule has 20 heavy (non-hydrogen) atoms. The fraction of sp³-hybridized carbons (Fsp3) is 0.538. The van der Waals surface area contributed by atoms with Crippen molar-refractivity contribution in [1.29, 1.82) is 0 Å². The summed E-state index contributed by atoms with van der Waals surface area (Å²) in [5.41, 5.74) is 2.16. The highest BCUT2D eigenvalue weighted by molar-refractivity contribution is 5.95. The van der Waals surface area contributed by atoms with E-state index in [2.05, 4.69) is 15.3 Å². The molecular formula is C13H20FN5O. The molecule has 1 unspecified atom stereocenters. The standard InChI is InChI=1S/C13H20FN5O/c1-9-8-18(2)6-3-7-19(9)13(20)10-4-5-16-12(17-15)11(10)14/h4-5,9H,3,6-8,15H2,1-2H3,(H,16,17). The van der Waals surface area contributed by atoms with Crippen LogP contribution in [-0.2, 0) is 0 Å². The number of amides is 1. The van der Waals surface area contributed by atoms with Crippen molar-refractivity contribution in [3.05, 3.63) is 23.6 Å². The van der Waals surface area contributed by atoms with Crippen molar-refractivity contribution in [2.24, 2.45) is 5.84 Å². The number of carbonyl (C=O) groups excluding carboxylic acids is 1. The Bertz CT molecular complexity index is 496. The van der Waals surface area contributed by atoms with Crippen LogP contribution in [0.1, 0.15) is 23.7 Å². The van der Waals surface area contributed by atoms with E-state index in [4.69, 9.17) is 5.84 Å². The molecule has 1 atom stereocenters. The summed E-state index contributed by atoms with van der Waals surface area (Å²) in [6.45, 7) is 4.31. The van der Waals surface area contributed by atoms with Crippen molar-refractivity contribution in [2.75, 3.05) is 32.1 Å². The van der Waals surface area contributed by atoms with Gasteiger partial charge in [0.2, 0.25) is 0 Å². The number of carbonyl (C=O) groups is 1. The lowest BCUT2D eigenvalue weighted by Crippen LogP contribution is -2.42. The Morgan fingerprint density at radius 3 is 3.00 bits per heavy atom. The molecule has 7 heteroatoms. The zero-order valence-corrected chi connectivity index (χ0v) is 11.8. The predicted molar refractivity (Wildman–Crippen MR) is 74.6 cm³/mol. The van der Waals surface area contributed by atoms with Crippen molar-refractivity contribution in [3.63, 3.8) is 0 Å². The molecule has 0 bridgehead atoms. The summed E-state index contributed by atoms with van der Waals surface area (Å²) in [6, 6.07) is 1.43. The minimum absolute atomic E-state index is 0.00403. The summed E-state index contributed by atoms with van der Waals surface area (Å²) in [6.07, 6.45) is 2.25. The molecule has 1 aliphatic rings. The number of hydrogen-bond donors (Lipinski definition) is 2. The van der Waals surface area contributed by atoms with Crippen molar-refractivity contribution in [3.8, 4) is 0 Å². The molecule has 2 heterocycles. The van der Waals surface area contributed by atoms with Gasteiger partial charge >= 0.3 is 0 Å². The van der Waals surface area contributed by atoms with Gasteiger partial charge in [0.1, 0.15) is 0 Å². The van der Waals surface area contributed by atoms with E-state index in [1.54, 1.807) is 4.90 Å². The lowest BCUT2D eigenvalue weighted by Gasteiger charge is -2.28. The number of nitrogen functional groups attached to an aromatic ring is 1. The third-order valence-electron chi connectivity index (χ3n) is 3.56. The molecule has 1 saturated heterocycles. The molecule has 1 aromatic heterocycles. The van der Waals surface area contributed by atoms with Crippen molar-refractivity contribution >= 4 is 11.7 Å². The number of hydrazine groups is 1. The Balaban J connectivity index is 2.26. The number of hydrogen-bond acceptors (Lipinski definition) is 5. The van der Waals surface area contributed by atoms with Gasteiger partial charge in [-0.1, -0.05) is 0 Å². The lowest BCUT2D eigenvalue weighted by atomic mass is 10.1. The minimum Gasteiger partial charge on any atom is -0.335 e.